The molecule has 0 bridgehead atoms. The minimum absolute atomic E-state index is 0.536. The molecular formula is C26H26N2O2S. The zero-order valence-electron chi connectivity index (χ0n) is 17.7. The Morgan fingerprint density at radius 1 is 1.03 bits per heavy atom. The lowest BCUT2D eigenvalue weighted by molar-refractivity contribution is 0.0721. The average Bonchev–Trinajstić information content (AvgIpc) is 3.13. The smallest absolute Gasteiger partial charge is 0.178 e. The molecular weight excluding hydrogens is 404 g/mol. The fourth-order valence-electron chi connectivity index (χ4n) is 3.63. The van der Waals surface area contributed by atoms with Gasteiger partial charge >= 0.3 is 0 Å². The van der Waals surface area contributed by atoms with Crippen molar-refractivity contribution in [2.45, 2.75) is 19.6 Å². The van der Waals surface area contributed by atoms with Crippen LogP contribution in [0.3, 0.4) is 0 Å². The van der Waals surface area contributed by atoms with Crippen LogP contribution in [0.2, 0.25) is 0 Å². The maximum absolute atomic E-state index is 11.7. The molecule has 0 spiro atoms. The Morgan fingerprint density at radius 3 is 2.32 bits per heavy atom. The number of rotatable bonds is 6. The standard InChI is InChI=1S/C26H26N2O2S/c1-3-30-24-16-14-22(15-17-24)27-20(2)18-25-28(23-12-8-5-9-13-23)26(29,19-31-25)21-10-6-4-7-11-21/h4-18,29H,3,19H2,1-2H3/b25-18-,27-20?/t26-/m0/s1. The summed E-state index contributed by atoms with van der Waals surface area (Å²) in [5.74, 6) is 1.38. The van der Waals surface area contributed by atoms with Crippen LogP contribution in [0.25, 0.3) is 0 Å². The van der Waals surface area contributed by atoms with Crippen LogP contribution < -0.4 is 9.64 Å². The maximum atomic E-state index is 11.7. The molecule has 1 heterocycles. The van der Waals surface area contributed by atoms with Crippen molar-refractivity contribution in [1.29, 1.82) is 0 Å². The summed E-state index contributed by atoms with van der Waals surface area (Å²) in [6, 6.07) is 27.6. The molecule has 0 aromatic heterocycles. The van der Waals surface area contributed by atoms with Gasteiger partial charge in [0.15, 0.2) is 5.72 Å². The van der Waals surface area contributed by atoms with Crippen LogP contribution in [0.15, 0.2) is 101 Å². The molecule has 158 valence electrons. The molecule has 0 amide bonds. The van der Waals surface area contributed by atoms with Crippen molar-refractivity contribution >= 4 is 28.8 Å². The van der Waals surface area contributed by atoms with Gasteiger partial charge in [-0.3, -0.25) is 4.99 Å². The average molecular weight is 431 g/mol. The van der Waals surface area contributed by atoms with Gasteiger partial charge in [-0.05, 0) is 56.3 Å². The molecule has 0 radical (unpaired) electrons. The molecule has 31 heavy (non-hydrogen) atoms. The van der Waals surface area contributed by atoms with Crippen LogP contribution in [-0.2, 0) is 5.72 Å². The van der Waals surface area contributed by atoms with Crippen LogP contribution in [0.1, 0.15) is 19.4 Å². The van der Waals surface area contributed by atoms with Gasteiger partial charge in [0.1, 0.15) is 5.75 Å². The number of anilines is 1. The molecule has 1 atom stereocenters. The molecule has 1 N–H and O–H groups in total. The van der Waals surface area contributed by atoms with E-state index in [1.165, 1.54) is 0 Å². The largest absolute Gasteiger partial charge is 0.494 e. The van der Waals surface area contributed by atoms with Crippen LogP contribution >= 0.6 is 11.8 Å². The number of nitrogens with zero attached hydrogens (tertiary/aromatic N) is 2. The van der Waals surface area contributed by atoms with Crippen molar-refractivity contribution in [3.05, 3.63) is 102 Å². The van der Waals surface area contributed by atoms with Crippen molar-refractivity contribution in [2.24, 2.45) is 4.99 Å². The van der Waals surface area contributed by atoms with Gasteiger partial charge in [-0.15, -0.1) is 11.8 Å². The quantitative estimate of drug-likeness (QED) is 0.479. The summed E-state index contributed by atoms with van der Waals surface area (Å²) >= 11 is 1.63. The van der Waals surface area contributed by atoms with E-state index in [0.29, 0.717) is 12.4 Å². The lowest BCUT2D eigenvalue weighted by Crippen LogP contribution is -2.42. The van der Waals surface area contributed by atoms with E-state index in [1.54, 1.807) is 11.8 Å². The Kier molecular flexibility index (Phi) is 6.44. The number of aliphatic imine (C=N–C) groups is 1. The molecule has 4 nitrogen and oxygen atoms in total. The minimum atomic E-state index is -1.13. The second-order valence-electron chi connectivity index (χ2n) is 7.30. The van der Waals surface area contributed by atoms with Crippen LogP contribution in [-0.4, -0.2) is 23.2 Å². The van der Waals surface area contributed by atoms with Gasteiger partial charge in [-0.1, -0.05) is 48.5 Å². The third-order valence-corrected chi connectivity index (χ3v) is 6.19. The van der Waals surface area contributed by atoms with E-state index in [-0.39, 0.29) is 0 Å². The van der Waals surface area contributed by atoms with Crippen molar-refractivity contribution in [2.75, 3.05) is 17.3 Å². The lowest BCUT2D eigenvalue weighted by Gasteiger charge is -2.35. The number of para-hydroxylation sites is 1. The highest BCUT2D eigenvalue weighted by Gasteiger charge is 2.44. The Labute approximate surface area is 187 Å². The third kappa shape index (κ3) is 4.68. The number of aliphatic hydroxyl groups is 1. The van der Waals surface area contributed by atoms with Crippen molar-refractivity contribution in [3.8, 4) is 5.75 Å². The first-order valence-electron chi connectivity index (χ1n) is 10.4. The molecule has 4 rings (SSSR count). The van der Waals surface area contributed by atoms with Crippen molar-refractivity contribution < 1.29 is 9.84 Å². The summed E-state index contributed by atoms with van der Waals surface area (Å²) in [7, 11) is 0. The SMILES string of the molecule is CCOc1ccc(N=C(C)/C=C2\SC[C@](O)(c3ccccc3)N2c2ccccc2)cc1. The summed E-state index contributed by atoms with van der Waals surface area (Å²) in [6.45, 7) is 4.59. The van der Waals surface area contributed by atoms with E-state index in [1.807, 2.05) is 110 Å². The summed E-state index contributed by atoms with van der Waals surface area (Å²) in [5, 5.41) is 12.7. The van der Waals surface area contributed by atoms with Gasteiger partial charge in [0.2, 0.25) is 0 Å². The summed E-state index contributed by atoms with van der Waals surface area (Å²) in [6.07, 6.45) is 2.04. The molecule has 0 aliphatic carbocycles. The molecule has 1 saturated heterocycles. The summed E-state index contributed by atoms with van der Waals surface area (Å²) in [4.78, 5) is 6.74. The fourth-order valence-corrected chi connectivity index (χ4v) is 4.91. The third-order valence-electron chi connectivity index (χ3n) is 5.05. The number of thioether (sulfide) groups is 1. The molecule has 1 aliphatic heterocycles. The van der Waals surface area contributed by atoms with Crippen molar-refractivity contribution in [3.63, 3.8) is 0 Å². The summed E-state index contributed by atoms with van der Waals surface area (Å²) < 4.78 is 5.50. The van der Waals surface area contributed by atoms with E-state index in [0.717, 1.165) is 33.4 Å². The van der Waals surface area contributed by atoms with E-state index < -0.39 is 5.72 Å². The molecule has 1 fully saturated rings. The first-order valence-corrected chi connectivity index (χ1v) is 11.3. The normalized spacial score (nSPS) is 20.3. The lowest BCUT2D eigenvalue weighted by atomic mass is 10.0. The minimum Gasteiger partial charge on any atom is -0.494 e. The number of ether oxygens (including phenoxy) is 1. The van der Waals surface area contributed by atoms with Crippen LogP contribution in [0, 0.1) is 0 Å². The van der Waals surface area contributed by atoms with Crippen LogP contribution in [0.4, 0.5) is 11.4 Å². The molecule has 3 aromatic carbocycles. The first-order chi connectivity index (χ1) is 15.1. The Bertz CT molecular complexity index is 1070. The molecule has 3 aromatic rings. The second kappa shape index (κ2) is 9.41. The monoisotopic (exact) mass is 430 g/mol. The Hall–Kier alpha value is -3.02. The van der Waals surface area contributed by atoms with E-state index in [2.05, 4.69) is 0 Å². The zero-order chi connectivity index (χ0) is 21.7. The highest BCUT2D eigenvalue weighted by molar-refractivity contribution is 8.03. The molecule has 0 unspecified atom stereocenters. The van der Waals surface area contributed by atoms with Gasteiger partial charge in [0.25, 0.3) is 0 Å². The predicted molar refractivity (Wildman–Crippen MR) is 130 cm³/mol. The number of allylic oxidation sites excluding steroid dienone is 1. The molecule has 5 heteroatoms. The van der Waals surface area contributed by atoms with Gasteiger partial charge in [0, 0.05) is 17.0 Å². The summed E-state index contributed by atoms with van der Waals surface area (Å²) in [5.41, 5.74) is 2.42. The number of hydrogen-bond donors (Lipinski definition) is 1. The number of hydrogen-bond acceptors (Lipinski definition) is 5. The zero-order valence-corrected chi connectivity index (χ0v) is 18.5. The van der Waals surface area contributed by atoms with E-state index >= 15 is 0 Å². The Morgan fingerprint density at radius 2 is 1.68 bits per heavy atom. The van der Waals surface area contributed by atoms with E-state index in [9.17, 15) is 5.11 Å². The molecule has 1 aliphatic rings. The second-order valence-corrected chi connectivity index (χ2v) is 8.30. The topological polar surface area (TPSA) is 45.1 Å². The van der Waals surface area contributed by atoms with Gasteiger partial charge in [-0.2, -0.15) is 0 Å². The van der Waals surface area contributed by atoms with Gasteiger partial charge < -0.3 is 14.7 Å². The fraction of sp³-hybridized carbons (Fsp3) is 0.192. The first kappa shape index (κ1) is 21.2. The highest BCUT2D eigenvalue weighted by Crippen LogP contribution is 2.47. The highest BCUT2D eigenvalue weighted by atomic mass is 32.2. The van der Waals surface area contributed by atoms with Gasteiger partial charge in [-0.25, -0.2) is 0 Å². The van der Waals surface area contributed by atoms with Crippen molar-refractivity contribution in [1.82, 2.24) is 0 Å². The predicted octanol–water partition coefficient (Wildman–Crippen LogP) is 6.12. The Balaban J connectivity index is 1.68. The van der Waals surface area contributed by atoms with Gasteiger partial charge in [0.05, 0.1) is 23.1 Å². The van der Waals surface area contributed by atoms with E-state index in [4.69, 9.17) is 9.73 Å². The maximum Gasteiger partial charge on any atom is 0.178 e. The van der Waals surface area contributed by atoms with Crippen LogP contribution in [0.5, 0.6) is 5.75 Å². The number of benzene rings is 3. The molecule has 0 saturated carbocycles.